The molecule has 3 rings (SSSR count). The SMILES string of the molecule is Cc1cc(/C=C/C[C@H]2O[C@H](CO)[C@@H](O)[C@H](O)[C@@H]2O)c([N+](=O)[O-])cc1/C=C/C[C@H]1O[C@H](CO)[C@@H](O)[C@H](O)[C@@H]1O. The molecule has 13 heteroatoms. The van der Waals surface area contributed by atoms with Crippen LogP contribution in [0.1, 0.15) is 29.5 Å². The van der Waals surface area contributed by atoms with Crippen molar-refractivity contribution in [3.8, 4) is 0 Å². The summed E-state index contributed by atoms with van der Waals surface area (Å²) in [5.41, 5.74) is 1.29. The number of rotatable bonds is 9. The van der Waals surface area contributed by atoms with Crippen molar-refractivity contribution in [3.63, 3.8) is 0 Å². The molecule has 13 nitrogen and oxygen atoms in total. The summed E-state index contributed by atoms with van der Waals surface area (Å²) in [5.74, 6) is 0. The molecule has 0 amide bonds. The van der Waals surface area contributed by atoms with E-state index in [4.69, 9.17) is 9.47 Å². The van der Waals surface area contributed by atoms with E-state index in [0.717, 1.165) is 0 Å². The second-order valence-electron chi connectivity index (χ2n) is 9.54. The first-order valence-corrected chi connectivity index (χ1v) is 12.2. The molecular weight excluding hydrogens is 506 g/mol. The van der Waals surface area contributed by atoms with Crippen molar-refractivity contribution < 1.29 is 55.2 Å². The highest BCUT2D eigenvalue weighted by Crippen LogP contribution is 2.29. The molecule has 2 saturated heterocycles. The van der Waals surface area contributed by atoms with E-state index >= 15 is 0 Å². The number of benzene rings is 1. The Hall–Kier alpha value is -2.30. The molecule has 10 atom stereocenters. The highest BCUT2D eigenvalue weighted by Gasteiger charge is 2.43. The third-order valence-electron chi connectivity index (χ3n) is 6.93. The molecule has 0 spiro atoms. The summed E-state index contributed by atoms with van der Waals surface area (Å²) in [7, 11) is 0. The number of aliphatic hydroxyl groups excluding tert-OH is 8. The van der Waals surface area contributed by atoms with Crippen molar-refractivity contribution in [2.24, 2.45) is 0 Å². The van der Waals surface area contributed by atoms with Crippen LogP contribution in [0.15, 0.2) is 24.3 Å². The number of nitrogens with zero attached hydrogens (tertiary/aromatic N) is 1. The summed E-state index contributed by atoms with van der Waals surface area (Å²) in [6.45, 7) is 0.648. The minimum atomic E-state index is -1.51. The molecule has 38 heavy (non-hydrogen) atoms. The number of ether oxygens (including phenoxy) is 2. The van der Waals surface area contributed by atoms with Crippen LogP contribution in [0.5, 0.6) is 0 Å². The highest BCUT2D eigenvalue weighted by atomic mass is 16.6. The first-order valence-electron chi connectivity index (χ1n) is 12.2. The molecule has 0 aromatic heterocycles. The lowest BCUT2D eigenvalue weighted by Crippen LogP contribution is -2.58. The van der Waals surface area contributed by atoms with E-state index in [9.17, 15) is 51.0 Å². The predicted molar refractivity (Wildman–Crippen MR) is 133 cm³/mol. The van der Waals surface area contributed by atoms with Gasteiger partial charge in [0.1, 0.15) is 48.8 Å². The van der Waals surface area contributed by atoms with E-state index in [1.54, 1.807) is 25.1 Å². The van der Waals surface area contributed by atoms with Crippen molar-refractivity contribution in [1.29, 1.82) is 0 Å². The number of aliphatic hydroxyl groups is 8. The molecular formula is C25H35NO12. The van der Waals surface area contributed by atoms with Crippen molar-refractivity contribution in [1.82, 2.24) is 0 Å². The minimum Gasteiger partial charge on any atom is -0.394 e. The molecule has 2 aliphatic heterocycles. The maximum atomic E-state index is 11.7. The summed E-state index contributed by atoms with van der Waals surface area (Å²) in [6.07, 6.45) is -6.25. The highest BCUT2D eigenvalue weighted by molar-refractivity contribution is 5.68. The fraction of sp³-hybridized carbons (Fsp3) is 0.600. The lowest BCUT2D eigenvalue weighted by atomic mass is 9.93. The van der Waals surface area contributed by atoms with Crippen LogP contribution in [0.25, 0.3) is 12.2 Å². The predicted octanol–water partition coefficient (Wildman–Crippen LogP) is -1.61. The Balaban J connectivity index is 1.72. The quantitative estimate of drug-likeness (QED) is 0.131. The monoisotopic (exact) mass is 541 g/mol. The van der Waals surface area contributed by atoms with Gasteiger partial charge in [0, 0.05) is 6.07 Å². The fourth-order valence-corrected chi connectivity index (χ4v) is 4.61. The number of aryl methyl sites for hydroxylation is 1. The number of nitro benzene ring substituents is 1. The van der Waals surface area contributed by atoms with Gasteiger partial charge in [0.25, 0.3) is 5.69 Å². The third-order valence-corrected chi connectivity index (χ3v) is 6.93. The number of hydrogen-bond donors (Lipinski definition) is 8. The Kier molecular flexibility index (Phi) is 10.5. The van der Waals surface area contributed by atoms with E-state index in [1.807, 2.05) is 0 Å². The van der Waals surface area contributed by atoms with Crippen molar-refractivity contribution in [2.75, 3.05) is 13.2 Å². The minimum absolute atomic E-state index is 0.0540. The second-order valence-corrected chi connectivity index (χ2v) is 9.54. The van der Waals surface area contributed by atoms with Crippen molar-refractivity contribution >= 4 is 17.8 Å². The van der Waals surface area contributed by atoms with Gasteiger partial charge in [-0.05, 0) is 37.0 Å². The van der Waals surface area contributed by atoms with E-state index in [1.165, 1.54) is 18.2 Å². The van der Waals surface area contributed by atoms with Gasteiger partial charge in [-0.15, -0.1) is 0 Å². The fourth-order valence-electron chi connectivity index (χ4n) is 4.61. The average Bonchev–Trinajstić information content (AvgIpc) is 2.89. The summed E-state index contributed by atoms with van der Waals surface area (Å²) >= 11 is 0. The molecule has 0 aliphatic carbocycles. The zero-order chi connectivity index (χ0) is 28.1. The van der Waals surface area contributed by atoms with Crippen LogP contribution in [-0.4, -0.2) is 120 Å². The molecule has 2 heterocycles. The molecule has 8 N–H and O–H groups in total. The molecule has 1 aromatic rings. The Morgan fingerprint density at radius 2 is 1.16 bits per heavy atom. The van der Waals surface area contributed by atoms with E-state index in [0.29, 0.717) is 11.1 Å². The molecule has 212 valence electrons. The molecule has 2 fully saturated rings. The average molecular weight is 542 g/mol. The van der Waals surface area contributed by atoms with Gasteiger partial charge in [-0.1, -0.05) is 24.3 Å². The van der Waals surface area contributed by atoms with E-state index in [-0.39, 0.29) is 24.1 Å². The maximum absolute atomic E-state index is 11.7. The summed E-state index contributed by atoms with van der Waals surface area (Å²) in [5, 5.41) is 90.3. The van der Waals surface area contributed by atoms with Gasteiger partial charge in [-0.3, -0.25) is 10.1 Å². The number of nitro groups is 1. The normalized spacial score (nSPS) is 36.2. The Morgan fingerprint density at radius 1 is 0.737 bits per heavy atom. The zero-order valence-electron chi connectivity index (χ0n) is 20.7. The van der Waals surface area contributed by atoms with Crippen molar-refractivity contribution in [2.45, 2.75) is 80.8 Å². The first kappa shape index (κ1) is 30.2. The standard InChI is InChI=1S/C25H35NO12/c1-12-8-14(5-3-7-17-21(30)25(34)23(32)19(11-28)38-17)15(26(35)36)9-13(12)4-2-6-16-20(29)24(33)22(31)18(10-27)37-16/h2-5,8-9,16-25,27-34H,6-7,10-11H2,1H3/b4-2+,5-3+/t16-,17-,18-,19-,20-,21-,22-,23-,24-,25-/m1/s1. The summed E-state index contributed by atoms with van der Waals surface area (Å²) in [6, 6.07) is 2.96. The third kappa shape index (κ3) is 6.63. The van der Waals surface area contributed by atoms with Gasteiger partial charge in [0.05, 0.1) is 35.9 Å². The van der Waals surface area contributed by atoms with E-state index in [2.05, 4.69) is 0 Å². The Bertz CT molecular complexity index is 1010. The molecule has 0 unspecified atom stereocenters. The van der Waals surface area contributed by atoms with Gasteiger partial charge in [-0.25, -0.2) is 0 Å². The van der Waals surface area contributed by atoms with Gasteiger partial charge >= 0.3 is 0 Å². The van der Waals surface area contributed by atoms with Crippen LogP contribution in [-0.2, 0) is 9.47 Å². The lowest BCUT2D eigenvalue weighted by molar-refractivity contribution is -0.385. The molecule has 0 radical (unpaired) electrons. The maximum Gasteiger partial charge on any atom is 0.277 e. The summed E-state index contributed by atoms with van der Waals surface area (Å²) < 4.78 is 10.9. The zero-order valence-corrected chi connectivity index (χ0v) is 20.7. The lowest BCUT2D eigenvalue weighted by Gasteiger charge is -2.39. The van der Waals surface area contributed by atoms with Gasteiger partial charge in [-0.2, -0.15) is 0 Å². The van der Waals surface area contributed by atoms with Gasteiger partial charge in [0.15, 0.2) is 0 Å². The topological polar surface area (TPSA) is 223 Å². The Morgan fingerprint density at radius 3 is 1.58 bits per heavy atom. The van der Waals surface area contributed by atoms with Crippen LogP contribution < -0.4 is 0 Å². The molecule has 0 bridgehead atoms. The molecule has 0 saturated carbocycles. The van der Waals surface area contributed by atoms with Crippen LogP contribution in [0.2, 0.25) is 0 Å². The van der Waals surface area contributed by atoms with Crippen LogP contribution in [0.3, 0.4) is 0 Å². The number of hydrogen-bond acceptors (Lipinski definition) is 12. The van der Waals surface area contributed by atoms with Crippen molar-refractivity contribution in [3.05, 3.63) is 51.1 Å². The van der Waals surface area contributed by atoms with Crippen LogP contribution >= 0.6 is 0 Å². The first-order chi connectivity index (χ1) is 18.0. The van der Waals surface area contributed by atoms with E-state index < -0.39 is 79.2 Å². The largest absolute Gasteiger partial charge is 0.394 e. The summed E-state index contributed by atoms with van der Waals surface area (Å²) in [4.78, 5) is 11.2. The smallest absolute Gasteiger partial charge is 0.277 e. The Labute approximate surface area is 218 Å². The second kappa shape index (κ2) is 13.2. The van der Waals surface area contributed by atoms with Crippen LogP contribution in [0.4, 0.5) is 5.69 Å². The molecule has 1 aromatic carbocycles. The molecule has 2 aliphatic rings. The van der Waals surface area contributed by atoms with Gasteiger partial charge < -0.3 is 50.3 Å². The van der Waals surface area contributed by atoms with Crippen LogP contribution in [0, 0.1) is 17.0 Å². The van der Waals surface area contributed by atoms with Gasteiger partial charge in [0.2, 0.25) is 0 Å².